The SMILES string of the molecule is C=C(CC(C)C(=C)C)NCCC1=CC=CC(CC)C(CC)=C1. The van der Waals surface area contributed by atoms with E-state index in [-0.39, 0.29) is 0 Å². The molecule has 1 rings (SSSR count). The Bertz CT molecular complexity index is 476. The summed E-state index contributed by atoms with van der Waals surface area (Å²) in [5.41, 5.74) is 5.31. The van der Waals surface area contributed by atoms with Crippen molar-refractivity contribution in [3.63, 3.8) is 0 Å². The number of hydrogen-bond acceptors (Lipinski definition) is 1. The number of hydrogen-bond donors (Lipinski definition) is 1. The monoisotopic (exact) mass is 299 g/mol. The van der Waals surface area contributed by atoms with E-state index in [0.29, 0.717) is 11.8 Å². The lowest BCUT2D eigenvalue weighted by Gasteiger charge is -2.16. The van der Waals surface area contributed by atoms with Crippen LogP contribution >= 0.6 is 0 Å². The highest BCUT2D eigenvalue weighted by Gasteiger charge is 2.10. The van der Waals surface area contributed by atoms with Gasteiger partial charge in [-0.15, -0.1) is 0 Å². The van der Waals surface area contributed by atoms with Gasteiger partial charge in [-0.1, -0.05) is 69.4 Å². The highest BCUT2D eigenvalue weighted by molar-refractivity contribution is 5.33. The molecule has 0 saturated carbocycles. The van der Waals surface area contributed by atoms with E-state index in [0.717, 1.165) is 31.5 Å². The molecule has 1 nitrogen and oxygen atoms in total. The second kappa shape index (κ2) is 9.50. The minimum Gasteiger partial charge on any atom is -0.388 e. The average molecular weight is 300 g/mol. The summed E-state index contributed by atoms with van der Waals surface area (Å²) < 4.78 is 0. The van der Waals surface area contributed by atoms with Gasteiger partial charge in [0.05, 0.1) is 0 Å². The molecule has 0 radical (unpaired) electrons. The maximum atomic E-state index is 4.13. The van der Waals surface area contributed by atoms with Crippen LogP contribution in [0, 0.1) is 11.8 Å². The van der Waals surface area contributed by atoms with Gasteiger partial charge >= 0.3 is 0 Å². The third-order valence-corrected chi connectivity index (χ3v) is 4.53. The van der Waals surface area contributed by atoms with Crippen LogP contribution < -0.4 is 5.32 Å². The van der Waals surface area contributed by atoms with Gasteiger partial charge in [0, 0.05) is 12.2 Å². The lowest BCUT2D eigenvalue weighted by Crippen LogP contribution is -2.16. The van der Waals surface area contributed by atoms with Crippen LogP contribution in [0.25, 0.3) is 0 Å². The van der Waals surface area contributed by atoms with Gasteiger partial charge in [-0.05, 0) is 50.0 Å². The van der Waals surface area contributed by atoms with Gasteiger partial charge in [0.1, 0.15) is 0 Å². The highest BCUT2D eigenvalue weighted by atomic mass is 14.9. The Hall–Kier alpha value is -1.50. The maximum Gasteiger partial charge on any atom is 0.0184 e. The van der Waals surface area contributed by atoms with Crippen molar-refractivity contribution in [3.05, 3.63) is 59.9 Å². The minimum absolute atomic E-state index is 0.497. The molecule has 1 heteroatoms. The van der Waals surface area contributed by atoms with Crippen molar-refractivity contribution >= 4 is 0 Å². The molecule has 0 amide bonds. The zero-order valence-electron chi connectivity index (χ0n) is 14.9. The molecule has 1 N–H and O–H groups in total. The van der Waals surface area contributed by atoms with Crippen molar-refractivity contribution < 1.29 is 0 Å². The normalized spacial score (nSPS) is 19.0. The molecule has 0 aromatic heterocycles. The van der Waals surface area contributed by atoms with E-state index in [9.17, 15) is 0 Å². The Morgan fingerprint density at radius 2 is 2.05 bits per heavy atom. The van der Waals surface area contributed by atoms with Crippen LogP contribution in [-0.2, 0) is 0 Å². The van der Waals surface area contributed by atoms with Crippen LogP contribution in [0.1, 0.15) is 53.4 Å². The Balaban J connectivity index is 2.48. The molecule has 0 aromatic carbocycles. The van der Waals surface area contributed by atoms with Gasteiger partial charge in [0.25, 0.3) is 0 Å². The molecular formula is C21H33N. The fourth-order valence-electron chi connectivity index (χ4n) is 2.75. The van der Waals surface area contributed by atoms with Crippen molar-refractivity contribution in [3.8, 4) is 0 Å². The van der Waals surface area contributed by atoms with Crippen LogP contribution in [0.4, 0.5) is 0 Å². The van der Waals surface area contributed by atoms with Crippen molar-refractivity contribution in [2.45, 2.75) is 53.4 Å². The summed E-state index contributed by atoms with van der Waals surface area (Å²) in [7, 11) is 0. The van der Waals surface area contributed by atoms with Crippen molar-refractivity contribution in [1.29, 1.82) is 0 Å². The second-order valence-corrected chi connectivity index (χ2v) is 6.45. The first-order valence-electron chi connectivity index (χ1n) is 8.62. The van der Waals surface area contributed by atoms with Gasteiger partial charge in [-0.2, -0.15) is 0 Å². The molecular weight excluding hydrogens is 266 g/mol. The van der Waals surface area contributed by atoms with E-state index in [1.54, 1.807) is 5.57 Å². The molecule has 1 aliphatic rings. The molecule has 0 aliphatic heterocycles. The Morgan fingerprint density at radius 1 is 1.32 bits per heavy atom. The highest BCUT2D eigenvalue weighted by Crippen LogP contribution is 2.25. The number of allylic oxidation sites excluding steroid dienone is 7. The van der Waals surface area contributed by atoms with Gasteiger partial charge in [-0.25, -0.2) is 0 Å². The lowest BCUT2D eigenvalue weighted by molar-refractivity contribution is 0.627. The van der Waals surface area contributed by atoms with E-state index in [1.165, 1.54) is 17.6 Å². The van der Waals surface area contributed by atoms with Gasteiger partial charge in [0.15, 0.2) is 0 Å². The summed E-state index contributed by atoms with van der Waals surface area (Å²) in [6.45, 7) is 17.9. The first-order chi connectivity index (χ1) is 10.5. The van der Waals surface area contributed by atoms with E-state index in [1.807, 2.05) is 0 Å². The Morgan fingerprint density at radius 3 is 2.64 bits per heavy atom. The minimum atomic E-state index is 0.497. The zero-order chi connectivity index (χ0) is 16.5. The topological polar surface area (TPSA) is 12.0 Å². The van der Waals surface area contributed by atoms with Gasteiger partial charge < -0.3 is 5.32 Å². The Kier molecular flexibility index (Phi) is 8.01. The molecule has 1 aliphatic carbocycles. The van der Waals surface area contributed by atoms with Crippen LogP contribution in [0.3, 0.4) is 0 Å². The molecule has 2 unspecified atom stereocenters. The molecule has 22 heavy (non-hydrogen) atoms. The predicted molar refractivity (Wildman–Crippen MR) is 99.7 cm³/mol. The summed E-state index contributed by atoms with van der Waals surface area (Å²) in [4.78, 5) is 0. The number of rotatable bonds is 9. The standard InChI is InChI=1S/C21H33N/c1-7-20-11-9-10-19(15-21(20)8-2)12-13-22-18(6)14-17(5)16(3)4/h9-11,15,17,20,22H,3,6-8,12-14H2,1-2,4-5H3. The summed E-state index contributed by atoms with van der Waals surface area (Å²) in [6.07, 6.45) is 13.6. The summed E-state index contributed by atoms with van der Waals surface area (Å²) >= 11 is 0. The summed E-state index contributed by atoms with van der Waals surface area (Å²) in [5, 5.41) is 3.46. The van der Waals surface area contributed by atoms with Crippen LogP contribution in [0.2, 0.25) is 0 Å². The first-order valence-corrected chi connectivity index (χ1v) is 8.62. The quantitative estimate of drug-likeness (QED) is 0.519. The fourth-order valence-corrected chi connectivity index (χ4v) is 2.75. The van der Waals surface area contributed by atoms with E-state index >= 15 is 0 Å². The summed E-state index contributed by atoms with van der Waals surface area (Å²) in [5.74, 6) is 1.11. The van der Waals surface area contributed by atoms with Crippen molar-refractivity contribution in [1.82, 2.24) is 5.32 Å². The Labute approximate surface area is 137 Å². The van der Waals surface area contributed by atoms with E-state index in [2.05, 4.69) is 70.5 Å². The van der Waals surface area contributed by atoms with Crippen molar-refractivity contribution in [2.75, 3.05) is 6.54 Å². The zero-order valence-corrected chi connectivity index (χ0v) is 14.9. The molecule has 2 atom stereocenters. The molecule has 0 bridgehead atoms. The summed E-state index contributed by atoms with van der Waals surface area (Å²) in [6, 6.07) is 0. The van der Waals surface area contributed by atoms with E-state index in [4.69, 9.17) is 0 Å². The number of nitrogens with one attached hydrogen (secondary N) is 1. The van der Waals surface area contributed by atoms with Crippen LogP contribution in [0.15, 0.2) is 59.9 Å². The molecule has 0 heterocycles. The molecule has 122 valence electrons. The van der Waals surface area contributed by atoms with Crippen LogP contribution in [-0.4, -0.2) is 6.54 Å². The average Bonchev–Trinajstić information content (AvgIpc) is 2.68. The molecule has 0 spiro atoms. The third-order valence-electron chi connectivity index (χ3n) is 4.53. The fraction of sp³-hybridized carbons (Fsp3) is 0.524. The second-order valence-electron chi connectivity index (χ2n) is 6.45. The molecule has 0 fully saturated rings. The van der Waals surface area contributed by atoms with Gasteiger partial charge in [0.2, 0.25) is 0 Å². The van der Waals surface area contributed by atoms with E-state index < -0.39 is 0 Å². The largest absolute Gasteiger partial charge is 0.388 e. The predicted octanol–water partition coefficient (Wildman–Crippen LogP) is 5.94. The smallest absolute Gasteiger partial charge is 0.0184 e. The van der Waals surface area contributed by atoms with Gasteiger partial charge in [-0.3, -0.25) is 0 Å². The third kappa shape index (κ3) is 6.09. The first kappa shape index (κ1) is 18.5. The molecule has 0 saturated heterocycles. The maximum absolute atomic E-state index is 4.13. The molecule has 0 aromatic rings. The van der Waals surface area contributed by atoms with Crippen LogP contribution in [0.5, 0.6) is 0 Å². The lowest BCUT2D eigenvalue weighted by atomic mass is 9.93. The van der Waals surface area contributed by atoms with Crippen molar-refractivity contribution in [2.24, 2.45) is 11.8 Å².